The third-order valence-electron chi connectivity index (χ3n) is 2.71. The van der Waals surface area contributed by atoms with Crippen LogP contribution in [0.2, 0.25) is 0 Å². The van der Waals surface area contributed by atoms with Crippen LogP contribution in [0.3, 0.4) is 0 Å². The van der Waals surface area contributed by atoms with Gasteiger partial charge in [-0.1, -0.05) is 48.0 Å². The SMILES string of the molecule is CC.CC(C)CC(=O)N1CCCC[C@H]1C.CCC. The van der Waals surface area contributed by atoms with Gasteiger partial charge in [-0.25, -0.2) is 0 Å². The number of rotatable bonds is 2. The number of hydrogen-bond donors (Lipinski definition) is 0. The number of carbonyl (C=O) groups excluding carboxylic acids is 1. The Kier molecular flexibility index (Phi) is 14.2. The van der Waals surface area contributed by atoms with Crippen molar-refractivity contribution in [3.8, 4) is 0 Å². The predicted octanol–water partition coefficient (Wildman–Crippen LogP) is 4.88. The molecule has 0 aliphatic carbocycles. The van der Waals surface area contributed by atoms with Gasteiger partial charge in [0, 0.05) is 19.0 Å². The van der Waals surface area contributed by atoms with E-state index in [2.05, 4.69) is 39.5 Å². The summed E-state index contributed by atoms with van der Waals surface area (Å²) in [7, 11) is 0. The van der Waals surface area contributed by atoms with Gasteiger partial charge in [-0.3, -0.25) is 4.79 Å². The molecule has 1 rings (SSSR count). The van der Waals surface area contributed by atoms with Gasteiger partial charge in [0.05, 0.1) is 0 Å². The lowest BCUT2D eigenvalue weighted by Gasteiger charge is -2.33. The van der Waals surface area contributed by atoms with Gasteiger partial charge in [-0.15, -0.1) is 0 Å². The van der Waals surface area contributed by atoms with Gasteiger partial charge in [0.25, 0.3) is 0 Å². The first kappa shape index (κ1) is 19.8. The minimum Gasteiger partial charge on any atom is -0.340 e. The van der Waals surface area contributed by atoms with Crippen molar-refractivity contribution in [3.05, 3.63) is 0 Å². The van der Waals surface area contributed by atoms with E-state index in [0.29, 0.717) is 24.3 Å². The van der Waals surface area contributed by atoms with Gasteiger partial charge < -0.3 is 4.90 Å². The molecular formula is C16H35NO. The zero-order valence-corrected chi connectivity index (χ0v) is 13.8. The quantitative estimate of drug-likeness (QED) is 0.690. The third-order valence-corrected chi connectivity index (χ3v) is 2.71. The van der Waals surface area contributed by atoms with E-state index in [1.54, 1.807) is 0 Å². The van der Waals surface area contributed by atoms with Crippen LogP contribution in [0.4, 0.5) is 0 Å². The van der Waals surface area contributed by atoms with E-state index in [1.807, 2.05) is 13.8 Å². The topological polar surface area (TPSA) is 20.3 Å². The van der Waals surface area contributed by atoms with E-state index in [9.17, 15) is 4.79 Å². The van der Waals surface area contributed by atoms with Crippen molar-refractivity contribution < 1.29 is 4.79 Å². The summed E-state index contributed by atoms with van der Waals surface area (Å²) in [5.41, 5.74) is 0. The summed E-state index contributed by atoms with van der Waals surface area (Å²) in [6.45, 7) is 15.6. The molecule has 1 atom stereocenters. The molecule has 1 fully saturated rings. The minimum absolute atomic E-state index is 0.349. The van der Waals surface area contributed by atoms with Crippen LogP contribution in [0.1, 0.15) is 80.6 Å². The smallest absolute Gasteiger partial charge is 0.223 e. The van der Waals surface area contributed by atoms with Crippen molar-refractivity contribution in [2.45, 2.75) is 86.6 Å². The molecular weight excluding hydrogens is 222 g/mol. The van der Waals surface area contributed by atoms with Gasteiger partial charge in [-0.2, -0.15) is 0 Å². The molecule has 0 aromatic heterocycles. The molecule has 0 spiro atoms. The second-order valence-corrected chi connectivity index (χ2v) is 5.24. The van der Waals surface area contributed by atoms with Crippen molar-refractivity contribution in [2.75, 3.05) is 6.54 Å². The van der Waals surface area contributed by atoms with Crippen molar-refractivity contribution in [2.24, 2.45) is 5.92 Å². The lowest BCUT2D eigenvalue weighted by atomic mass is 10.0. The van der Waals surface area contributed by atoms with Crippen molar-refractivity contribution in [1.29, 1.82) is 0 Å². The van der Waals surface area contributed by atoms with Crippen LogP contribution in [0.15, 0.2) is 0 Å². The zero-order valence-electron chi connectivity index (χ0n) is 13.8. The second-order valence-electron chi connectivity index (χ2n) is 5.24. The normalized spacial score (nSPS) is 18.4. The highest BCUT2D eigenvalue weighted by molar-refractivity contribution is 5.76. The average Bonchev–Trinajstić information content (AvgIpc) is 2.32. The van der Waals surface area contributed by atoms with Crippen LogP contribution < -0.4 is 0 Å². The number of nitrogens with zero attached hydrogens (tertiary/aromatic N) is 1. The van der Waals surface area contributed by atoms with Crippen LogP contribution in [0, 0.1) is 5.92 Å². The molecule has 1 saturated heterocycles. The van der Waals surface area contributed by atoms with E-state index >= 15 is 0 Å². The first-order chi connectivity index (χ1) is 8.52. The van der Waals surface area contributed by atoms with E-state index in [4.69, 9.17) is 0 Å². The lowest BCUT2D eigenvalue weighted by molar-refractivity contribution is -0.135. The maximum atomic E-state index is 11.7. The minimum atomic E-state index is 0.349. The molecule has 18 heavy (non-hydrogen) atoms. The zero-order chi connectivity index (χ0) is 14.6. The maximum absolute atomic E-state index is 11.7. The lowest BCUT2D eigenvalue weighted by Crippen LogP contribution is -2.42. The molecule has 2 heteroatoms. The summed E-state index contributed by atoms with van der Waals surface area (Å²) in [6, 6.07) is 0.472. The summed E-state index contributed by atoms with van der Waals surface area (Å²) in [6.07, 6.45) is 5.62. The van der Waals surface area contributed by atoms with Gasteiger partial charge in [0.1, 0.15) is 0 Å². The average molecular weight is 257 g/mol. The largest absolute Gasteiger partial charge is 0.340 e. The van der Waals surface area contributed by atoms with Crippen LogP contribution >= 0.6 is 0 Å². The molecule has 0 aromatic carbocycles. The summed E-state index contributed by atoms with van der Waals surface area (Å²) < 4.78 is 0. The van der Waals surface area contributed by atoms with E-state index in [0.717, 1.165) is 6.54 Å². The first-order valence-corrected chi connectivity index (χ1v) is 7.82. The monoisotopic (exact) mass is 257 g/mol. The number of amides is 1. The van der Waals surface area contributed by atoms with E-state index < -0.39 is 0 Å². The molecule has 1 aliphatic heterocycles. The van der Waals surface area contributed by atoms with Gasteiger partial charge >= 0.3 is 0 Å². The van der Waals surface area contributed by atoms with Crippen LogP contribution in [-0.4, -0.2) is 23.4 Å². The molecule has 0 radical (unpaired) electrons. The Labute approximate surface area is 115 Å². The van der Waals surface area contributed by atoms with E-state index in [-0.39, 0.29) is 0 Å². The highest BCUT2D eigenvalue weighted by atomic mass is 16.2. The van der Waals surface area contributed by atoms with Crippen LogP contribution in [0.5, 0.6) is 0 Å². The molecule has 0 aromatic rings. The van der Waals surface area contributed by atoms with Crippen LogP contribution in [0.25, 0.3) is 0 Å². The van der Waals surface area contributed by atoms with Gasteiger partial charge in [0.2, 0.25) is 5.91 Å². The van der Waals surface area contributed by atoms with Crippen molar-refractivity contribution >= 4 is 5.91 Å². The fourth-order valence-corrected chi connectivity index (χ4v) is 1.94. The molecule has 1 heterocycles. The third kappa shape index (κ3) is 9.49. The Morgan fingerprint density at radius 1 is 1.22 bits per heavy atom. The first-order valence-electron chi connectivity index (χ1n) is 7.82. The maximum Gasteiger partial charge on any atom is 0.223 e. The van der Waals surface area contributed by atoms with Gasteiger partial charge in [-0.05, 0) is 32.1 Å². The molecule has 2 nitrogen and oxygen atoms in total. The molecule has 1 amide bonds. The highest BCUT2D eigenvalue weighted by Crippen LogP contribution is 2.18. The predicted molar refractivity (Wildman–Crippen MR) is 81.8 cm³/mol. The number of likely N-dealkylation sites (tertiary alicyclic amines) is 1. The summed E-state index contributed by atoms with van der Waals surface area (Å²) in [4.78, 5) is 13.8. The summed E-state index contributed by atoms with van der Waals surface area (Å²) >= 11 is 0. The Hall–Kier alpha value is -0.530. The Morgan fingerprint density at radius 3 is 2.11 bits per heavy atom. The molecule has 0 saturated carbocycles. The van der Waals surface area contributed by atoms with E-state index in [1.165, 1.54) is 25.7 Å². The highest BCUT2D eigenvalue weighted by Gasteiger charge is 2.22. The summed E-state index contributed by atoms with van der Waals surface area (Å²) in [5, 5.41) is 0. The van der Waals surface area contributed by atoms with Crippen LogP contribution in [-0.2, 0) is 4.79 Å². The summed E-state index contributed by atoms with van der Waals surface area (Å²) in [5.74, 6) is 0.837. The number of carbonyl (C=O) groups is 1. The number of piperidine rings is 1. The van der Waals surface area contributed by atoms with Crippen molar-refractivity contribution in [1.82, 2.24) is 4.90 Å². The molecule has 0 unspecified atom stereocenters. The Bertz CT molecular complexity index is 190. The Morgan fingerprint density at radius 2 is 1.72 bits per heavy atom. The fraction of sp³-hybridized carbons (Fsp3) is 0.938. The fourth-order valence-electron chi connectivity index (χ4n) is 1.94. The molecule has 0 bridgehead atoms. The molecule has 0 N–H and O–H groups in total. The number of hydrogen-bond acceptors (Lipinski definition) is 1. The second kappa shape index (κ2) is 12.9. The molecule has 110 valence electrons. The standard InChI is InChI=1S/C11H21NO.C3H8.C2H6/c1-9(2)8-11(13)12-7-5-4-6-10(12)3;1-3-2;1-2/h9-10H,4-8H2,1-3H3;3H2,1-2H3;1-2H3/t10-;;/m1../s1. The Balaban J connectivity index is 0. The molecule has 1 aliphatic rings. The van der Waals surface area contributed by atoms with Crippen molar-refractivity contribution in [3.63, 3.8) is 0 Å². The van der Waals surface area contributed by atoms with Gasteiger partial charge in [0.15, 0.2) is 0 Å².